The van der Waals surface area contributed by atoms with E-state index in [1.807, 2.05) is 13.8 Å². The molecule has 1 unspecified atom stereocenters. The summed E-state index contributed by atoms with van der Waals surface area (Å²) in [6, 6.07) is 0. The lowest BCUT2D eigenvalue weighted by atomic mass is 10.1. The van der Waals surface area contributed by atoms with E-state index in [1.165, 1.54) is 4.90 Å². The Bertz CT molecular complexity index is 275. The van der Waals surface area contributed by atoms with Crippen LogP contribution in [0.15, 0.2) is 0 Å². The van der Waals surface area contributed by atoms with Gasteiger partial charge in [-0.2, -0.15) is 0 Å². The number of carboxylic acids is 1. The topological polar surface area (TPSA) is 76.1 Å². The van der Waals surface area contributed by atoms with Gasteiger partial charge in [0.1, 0.15) is 0 Å². The molecule has 1 aliphatic heterocycles. The molecule has 1 fully saturated rings. The Morgan fingerprint density at radius 1 is 1.47 bits per heavy atom. The van der Waals surface area contributed by atoms with Gasteiger partial charge in [-0.1, -0.05) is 0 Å². The minimum Gasteiger partial charge on any atom is -0.481 e. The number of hydrogen-bond acceptors (Lipinski definition) is 4. The van der Waals surface area contributed by atoms with Crippen LogP contribution in [0.1, 0.15) is 20.3 Å². The van der Waals surface area contributed by atoms with Gasteiger partial charge < -0.3 is 19.5 Å². The number of ether oxygens (including phenoxy) is 2. The zero-order valence-corrected chi connectivity index (χ0v) is 10.2. The fourth-order valence-corrected chi connectivity index (χ4v) is 1.82. The lowest BCUT2D eigenvalue weighted by Crippen LogP contribution is -2.37. The number of aliphatic carboxylic acids is 1. The van der Waals surface area contributed by atoms with Gasteiger partial charge in [-0.25, -0.2) is 0 Å². The molecule has 1 atom stereocenters. The van der Waals surface area contributed by atoms with Crippen LogP contribution in [0.25, 0.3) is 0 Å². The van der Waals surface area contributed by atoms with Crippen molar-refractivity contribution in [2.24, 2.45) is 5.92 Å². The Labute approximate surface area is 100 Å². The standard InChI is InChI=1S/C11H19NO5/c1-3-16-10(17-4-2)7-12-6-8(11(14)15)5-9(12)13/h8,10H,3-7H2,1-2H3,(H,14,15). The van der Waals surface area contributed by atoms with Crippen molar-refractivity contribution in [2.75, 3.05) is 26.3 Å². The van der Waals surface area contributed by atoms with Gasteiger partial charge in [-0.3, -0.25) is 9.59 Å². The Balaban J connectivity index is 2.49. The predicted octanol–water partition coefficient (Wildman–Crippen LogP) is 0.319. The maximum Gasteiger partial charge on any atom is 0.308 e. The van der Waals surface area contributed by atoms with Crippen molar-refractivity contribution >= 4 is 11.9 Å². The second-order valence-electron chi connectivity index (χ2n) is 3.88. The van der Waals surface area contributed by atoms with E-state index in [9.17, 15) is 9.59 Å². The molecule has 17 heavy (non-hydrogen) atoms. The smallest absolute Gasteiger partial charge is 0.308 e. The second-order valence-corrected chi connectivity index (χ2v) is 3.88. The summed E-state index contributed by atoms with van der Waals surface area (Å²) in [4.78, 5) is 23.9. The van der Waals surface area contributed by atoms with Gasteiger partial charge in [0, 0.05) is 26.2 Å². The molecule has 1 amide bonds. The minimum absolute atomic E-state index is 0.0697. The molecule has 6 nitrogen and oxygen atoms in total. The highest BCUT2D eigenvalue weighted by Gasteiger charge is 2.35. The van der Waals surface area contributed by atoms with Gasteiger partial charge >= 0.3 is 5.97 Å². The van der Waals surface area contributed by atoms with Crippen LogP contribution in [-0.4, -0.2) is 54.5 Å². The first-order valence-corrected chi connectivity index (χ1v) is 5.82. The molecule has 1 N–H and O–H groups in total. The molecule has 0 aromatic rings. The van der Waals surface area contributed by atoms with Crippen LogP contribution in [0, 0.1) is 5.92 Å². The fraction of sp³-hybridized carbons (Fsp3) is 0.818. The highest BCUT2D eigenvalue weighted by Crippen LogP contribution is 2.18. The number of amides is 1. The molecule has 1 saturated heterocycles. The van der Waals surface area contributed by atoms with Crippen LogP contribution in [0.4, 0.5) is 0 Å². The van der Waals surface area contributed by atoms with E-state index in [0.29, 0.717) is 19.8 Å². The number of likely N-dealkylation sites (tertiary alicyclic amines) is 1. The van der Waals surface area contributed by atoms with Crippen LogP contribution in [0.5, 0.6) is 0 Å². The summed E-state index contributed by atoms with van der Waals surface area (Å²) in [5.74, 6) is -1.68. The average Bonchev–Trinajstić information content (AvgIpc) is 2.61. The summed E-state index contributed by atoms with van der Waals surface area (Å²) < 4.78 is 10.6. The minimum atomic E-state index is -0.926. The maximum absolute atomic E-state index is 11.6. The molecule has 1 aliphatic rings. The van der Waals surface area contributed by atoms with E-state index >= 15 is 0 Å². The zero-order chi connectivity index (χ0) is 12.8. The summed E-state index contributed by atoms with van der Waals surface area (Å²) in [5.41, 5.74) is 0. The first-order valence-electron chi connectivity index (χ1n) is 5.82. The van der Waals surface area contributed by atoms with E-state index < -0.39 is 18.2 Å². The normalized spacial score (nSPS) is 20.3. The summed E-state index contributed by atoms with van der Waals surface area (Å²) in [6.07, 6.45) is -0.401. The van der Waals surface area contributed by atoms with Gasteiger partial charge in [0.25, 0.3) is 0 Å². The Kier molecular flexibility index (Phi) is 5.37. The van der Waals surface area contributed by atoms with Gasteiger partial charge in [0.15, 0.2) is 6.29 Å². The third kappa shape index (κ3) is 3.98. The van der Waals surface area contributed by atoms with E-state index in [0.717, 1.165) is 0 Å². The quantitative estimate of drug-likeness (QED) is 0.654. The third-order valence-corrected chi connectivity index (χ3v) is 2.64. The molecule has 0 bridgehead atoms. The number of carbonyl (C=O) groups is 2. The van der Waals surface area contributed by atoms with Crippen LogP contribution in [0.2, 0.25) is 0 Å². The number of carboxylic acid groups (broad SMARTS) is 1. The van der Waals surface area contributed by atoms with Crippen LogP contribution >= 0.6 is 0 Å². The summed E-state index contributed by atoms with van der Waals surface area (Å²) in [7, 11) is 0. The van der Waals surface area contributed by atoms with Crippen molar-refractivity contribution in [2.45, 2.75) is 26.6 Å². The molecule has 1 heterocycles. The van der Waals surface area contributed by atoms with Gasteiger partial charge in [-0.05, 0) is 13.8 Å². The van der Waals surface area contributed by atoms with Crippen LogP contribution in [-0.2, 0) is 19.1 Å². The highest BCUT2D eigenvalue weighted by atomic mass is 16.7. The second kappa shape index (κ2) is 6.56. The van der Waals surface area contributed by atoms with Crippen molar-refractivity contribution in [3.8, 4) is 0 Å². The molecule has 0 aromatic carbocycles. The summed E-state index contributed by atoms with van der Waals surface area (Å²) in [6.45, 7) is 5.22. The van der Waals surface area contributed by atoms with Gasteiger partial charge in [0.05, 0.1) is 12.5 Å². The van der Waals surface area contributed by atoms with Crippen molar-refractivity contribution in [3.05, 3.63) is 0 Å². The van der Waals surface area contributed by atoms with E-state index in [-0.39, 0.29) is 18.9 Å². The first-order chi connectivity index (χ1) is 8.08. The summed E-state index contributed by atoms with van der Waals surface area (Å²) in [5, 5.41) is 8.85. The van der Waals surface area contributed by atoms with Crippen molar-refractivity contribution in [1.82, 2.24) is 4.90 Å². The Morgan fingerprint density at radius 2 is 2.06 bits per heavy atom. The number of nitrogens with zero attached hydrogens (tertiary/aromatic N) is 1. The fourth-order valence-electron chi connectivity index (χ4n) is 1.82. The zero-order valence-electron chi connectivity index (χ0n) is 10.2. The molecular formula is C11H19NO5. The summed E-state index contributed by atoms with van der Waals surface area (Å²) >= 11 is 0. The largest absolute Gasteiger partial charge is 0.481 e. The van der Waals surface area contributed by atoms with E-state index in [1.54, 1.807) is 0 Å². The number of hydrogen-bond donors (Lipinski definition) is 1. The highest BCUT2D eigenvalue weighted by molar-refractivity contribution is 5.86. The SMILES string of the molecule is CCOC(CN1CC(C(=O)O)CC1=O)OCC. The third-order valence-electron chi connectivity index (χ3n) is 2.64. The van der Waals surface area contributed by atoms with Crippen LogP contribution in [0.3, 0.4) is 0 Å². The predicted molar refractivity (Wildman–Crippen MR) is 59.4 cm³/mol. The van der Waals surface area contributed by atoms with Crippen molar-refractivity contribution in [1.29, 1.82) is 0 Å². The van der Waals surface area contributed by atoms with Crippen LogP contribution < -0.4 is 0 Å². The molecule has 0 aromatic heterocycles. The number of rotatable bonds is 7. The monoisotopic (exact) mass is 245 g/mol. The Morgan fingerprint density at radius 3 is 2.47 bits per heavy atom. The molecule has 0 saturated carbocycles. The Hall–Kier alpha value is -1.14. The van der Waals surface area contributed by atoms with Crippen molar-refractivity contribution < 1.29 is 24.2 Å². The number of carbonyl (C=O) groups excluding carboxylic acids is 1. The molecule has 98 valence electrons. The molecule has 0 aliphatic carbocycles. The van der Waals surface area contributed by atoms with E-state index in [2.05, 4.69) is 0 Å². The van der Waals surface area contributed by atoms with Gasteiger partial charge in [-0.15, -0.1) is 0 Å². The first kappa shape index (κ1) is 13.9. The molecule has 0 spiro atoms. The molecule has 6 heteroatoms. The average molecular weight is 245 g/mol. The maximum atomic E-state index is 11.6. The molecular weight excluding hydrogens is 226 g/mol. The van der Waals surface area contributed by atoms with Gasteiger partial charge in [0.2, 0.25) is 5.91 Å². The molecule has 0 radical (unpaired) electrons. The lowest BCUT2D eigenvalue weighted by Gasteiger charge is -2.23. The van der Waals surface area contributed by atoms with E-state index in [4.69, 9.17) is 14.6 Å². The van der Waals surface area contributed by atoms with Crippen molar-refractivity contribution in [3.63, 3.8) is 0 Å². The molecule has 1 rings (SSSR count). The lowest BCUT2D eigenvalue weighted by molar-refractivity contribution is -0.155.